The van der Waals surface area contributed by atoms with E-state index in [4.69, 9.17) is 11.6 Å². The summed E-state index contributed by atoms with van der Waals surface area (Å²) in [6.45, 7) is 6.49. The molecular weight excluding hydrogens is 472 g/mol. The summed E-state index contributed by atoms with van der Waals surface area (Å²) in [4.78, 5) is 12.5. The van der Waals surface area contributed by atoms with Crippen molar-refractivity contribution in [3.8, 4) is 0 Å². The van der Waals surface area contributed by atoms with Gasteiger partial charge in [0.05, 0.1) is 11.6 Å². The van der Waals surface area contributed by atoms with Gasteiger partial charge < -0.3 is 10.2 Å². The minimum atomic E-state index is 0.362. The van der Waals surface area contributed by atoms with Gasteiger partial charge in [-0.25, -0.2) is 0 Å². The molecule has 1 fully saturated rings. The van der Waals surface area contributed by atoms with Crippen LogP contribution in [0.15, 0.2) is 88.8 Å². The predicted octanol–water partition coefficient (Wildman–Crippen LogP) is 6.56. The molecule has 0 spiro atoms. The number of nitrogens with zero attached hydrogens (tertiary/aromatic N) is 3. The molecule has 0 aliphatic carbocycles. The molecule has 4 nitrogen and oxygen atoms in total. The van der Waals surface area contributed by atoms with Crippen LogP contribution >= 0.6 is 23.4 Å². The smallest absolute Gasteiger partial charge is 0.0737 e. The number of pyridine rings is 1. The van der Waals surface area contributed by atoms with E-state index in [2.05, 4.69) is 68.6 Å². The molecule has 4 aromatic rings. The van der Waals surface area contributed by atoms with Crippen molar-refractivity contribution in [2.75, 3.05) is 44.6 Å². The number of benzene rings is 3. The van der Waals surface area contributed by atoms with Gasteiger partial charge in [0.2, 0.25) is 0 Å². The van der Waals surface area contributed by atoms with E-state index in [0.717, 1.165) is 67.3 Å². The Morgan fingerprint density at radius 2 is 1.60 bits per heavy atom. The number of piperazine rings is 1. The second kappa shape index (κ2) is 10.2. The minimum absolute atomic E-state index is 0.362. The summed E-state index contributed by atoms with van der Waals surface area (Å²) >= 11 is 8.03. The van der Waals surface area contributed by atoms with Crippen LogP contribution in [0.2, 0.25) is 5.02 Å². The van der Waals surface area contributed by atoms with Gasteiger partial charge in [-0.3, -0.25) is 9.88 Å². The maximum Gasteiger partial charge on any atom is 0.0737 e. The monoisotopic (exact) mass is 500 g/mol. The molecule has 0 atom stereocenters. The van der Waals surface area contributed by atoms with Crippen molar-refractivity contribution in [1.29, 1.82) is 0 Å². The lowest BCUT2D eigenvalue weighted by molar-refractivity contribution is 0.107. The fraction of sp³-hybridized carbons (Fsp3) is 0.276. The Morgan fingerprint density at radius 3 is 2.34 bits per heavy atom. The van der Waals surface area contributed by atoms with Gasteiger partial charge in [0.15, 0.2) is 0 Å². The molecule has 6 rings (SSSR count). The highest BCUT2D eigenvalue weighted by atomic mass is 35.5. The molecule has 2 aliphatic heterocycles. The molecule has 178 valence electrons. The number of hydrogen-bond acceptors (Lipinski definition) is 5. The van der Waals surface area contributed by atoms with E-state index >= 15 is 0 Å². The molecule has 35 heavy (non-hydrogen) atoms. The van der Waals surface area contributed by atoms with Crippen LogP contribution in [-0.4, -0.2) is 54.1 Å². The molecule has 1 saturated heterocycles. The summed E-state index contributed by atoms with van der Waals surface area (Å²) in [5.74, 6) is 0. The lowest BCUT2D eigenvalue weighted by atomic mass is 9.95. The number of anilines is 1. The van der Waals surface area contributed by atoms with Gasteiger partial charge in [-0.1, -0.05) is 59.8 Å². The Morgan fingerprint density at radius 1 is 0.886 bits per heavy atom. The summed E-state index contributed by atoms with van der Waals surface area (Å²) in [5, 5.41) is 5.45. The molecular formula is C29H29ClN4S. The van der Waals surface area contributed by atoms with E-state index in [9.17, 15) is 0 Å². The maximum absolute atomic E-state index is 6.12. The van der Waals surface area contributed by atoms with E-state index in [1.54, 1.807) is 0 Å². The number of halogens is 1. The molecule has 1 aromatic heterocycles. The Hall–Kier alpha value is -2.57. The van der Waals surface area contributed by atoms with Crippen LogP contribution in [0.1, 0.15) is 23.6 Å². The summed E-state index contributed by atoms with van der Waals surface area (Å²) < 4.78 is 0. The fourth-order valence-electron chi connectivity index (χ4n) is 5.32. The molecule has 3 aromatic carbocycles. The molecule has 6 heteroatoms. The summed E-state index contributed by atoms with van der Waals surface area (Å²) in [6, 6.07) is 26.2. The van der Waals surface area contributed by atoms with Crippen molar-refractivity contribution < 1.29 is 0 Å². The van der Waals surface area contributed by atoms with Crippen molar-refractivity contribution in [2.24, 2.45) is 0 Å². The molecule has 0 saturated carbocycles. The highest BCUT2D eigenvalue weighted by molar-refractivity contribution is 7.99. The van der Waals surface area contributed by atoms with Gasteiger partial charge in [0.1, 0.15) is 0 Å². The largest absolute Gasteiger partial charge is 0.384 e. The molecule has 0 unspecified atom stereocenters. The molecule has 0 radical (unpaired) electrons. The Labute approximate surface area is 216 Å². The van der Waals surface area contributed by atoms with Gasteiger partial charge in [-0.15, -0.1) is 0 Å². The number of nitrogens with one attached hydrogen (secondary N) is 1. The van der Waals surface area contributed by atoms with Crippen molar-refractivity contribution in [3.63, 3.8) is 0 Å². The minimum Gasteiger partial charge on any atom is -0.384 e. The van der Waals surface area contributed by atoms with Gasteiger partial charge in [-0.05, 0) is 60.5 Å². The lowest BCUT2D eigenvalue weighted by Gasteiger charge is -2.42. The van der Waals surface area contributed by atoms with Crippen molar-refractivity contribution in [2.45, 2.75) is 22.3 Å². The number of fused-ring (bicyclic) bond motifs is 3. The van der Waals surface area contributed by atoms with Crippen molar-refractivity contribution >= 4 is 40.0 Å². The van der Waals surface area contributed by atoms with Crippen LogP contribution in [0.5, 0.6) is 0 Å². The first-order chi connectivity index (χ1) is 17.3. The van der Waals surface area contributed by atoms with Gasteiger partial charge in [0.25, 0.3) is 0 Å². The Balaban J connectivity index is 1.05. The lowest BCUT2D eigenvalue weighted by Crippen LogP contribution is -2.48. The fourth-order valence-corrected chi connectivity index (χ4v) is 6.62. The van der Waals surface area contributed by atoms with Crippen LogP contribution in [0.25, 0.3) is 10.9 Å². The highest BCUT2D eigenvalue weighted by Gasteiger charge is 2.32. The van der Waals surface area contributed by atoms with Gasteiger partial charge in [0, 0.05) is 64.8 Å². The second-order valence-corrected chi connectivity index (χ2v) is 10.8. The van der Waals surface area contributed by atoms with E-state index < -0.39 is 0 Å². The van der Waals surface area contributed by atoms with Gasteiger partial charge in [-0.2, -0.15) is 0 Å². The van der Waals surface area contributed by atoms with Crippen molar-refractivity contribution in [3.05, 3.63) is 95.1 Å². The SMILES string of the molecule is Clc1ccc2c(NCCCN3CCN(C4c5ccccc5Sc5ccccc54)CC3)ccnc2c1. The zero-order valence-electron chi connectivity index (χ0n) is 19.7. The molecule has 0 amide bonds. The number of aromatic nitrogens is 1. The quantitative estimate of drug-likeness (QED) is 0.303. The molecule has 1 N–H and O–H groups in total. The standard InChI is InChI=1S/C29H29ClN4S/c30-21-10-11-22-25(12-14-32-26(22)20-21)31-13-5-15-33-16-18-34(19-17-33)29-23-6-1-3-8-27(23)35-28-9-4-2-7-24(28)29/h1-4,6-12,14,20,29H,5,13,15-19H2,(H,31,32). The van der Waals surface area contributed by atoms with Crippen LogP contribution in [0, 0.1) is 0 Å². The third-order valence-corrected chi connectivity index (χ3v) is 8.51. The highest BCUT2D eigenvalue weighted by Crippen LogP contribution is 2.47. The van der Waals surface area contributed by atoms with E-state index in [0.29, 0.717) is 6.04 Å². The van der Waals surface area contributed by atoms with Crippen LogP contribution in [-0.2, 0) is 0 Å². The van der Waals surface area contributed by atoms with Crippen LogP contribution in [0.4, 0.5) is 5.69 Å². The summed E-state index contributed by atoms with van der Waals surface area (Å²) in [6.07, 6.45) is 2.96. The third kappa shape index (κ3) is 4.78. The zero-order chi connectivity index (χ0) is 23.6. The first kappa shape index (κ1) is 22.9. The van der Waals surface area contributed by atoms with Crippen LogP contribution < -0.4 is 5.32 Å². The predicted molar refractivity (Wildman–Crippen MR) is 147 cm³/mol. The molecule has 3 heterocycles. The first-order valence-electron chi connectivity index (χ1n) is 12.4. The third-order valence-electron chi connectivity index (χ3n) is 7.09. The van der Waals surface area contributed by atoms with Crippen LogP contribution in [0.3, 0.4) is 0 Å². The van der Waals surface area contributed by atoms with Crippen molar-refractivity contribution in [1.82, 2.24) is 14.8 Å². The molecule has 0 bridgehead atoms. The topological polar surface area (TPSA) is 31.4 Å². The second-order valence-electron chi connectivity index (χ2n) is 9.26. The summed E-state index contributed by atoms with van der Waals surface area (Å²) in [5.41, 5.74) is 4.98. The normalized spacial score (nSPS) is 16.7. The average Bonchev–Trinajstić information content (AvgIpc) is 2.90. The van der Waals surface area contributed by atoms with E-state index in [1.807, 2.05) is 42.2 Å². The van der Waals surface area contributed by atoms with E-state index in [-0.39, 0.29) is 0 Å². The maximum atomic E-state index is 6.12. The number of rotatable bonds is 6. The van der Waals surface area contributed by atoms with Gasteiger partial charge >= 0.3 is 0 Å². The molecule has 2 aliphatic rings. The van der Waals surface area contributed by atoms with E-state index in [1.165, 1.54) is 20.9 Å². The summed E-state index contributed by atoms with van der Waals surface area (Å²) in [7, 11) is 0. The number of hydrogen-bond donors (Lipinski definition) is 1. The Bertz CT molecular complexity index is 1290. The average molecular weight is 501 g/mol. The Kier molecular flexibility index (Phi) is 6.66. The zero-order valence-corrected chi connectivity index (χ0v) is 21.2. The first-order valence-corrected chi connectivity index (χ1v) is 13.6.